The van der Waals surface area contributed by atoms with Crippen molar-refractivity contribution >= 4 is 22.7 Å². The van der Waals surface area contributed by atoms with Gasteiger partial charge in [0, 0.05) is 24.0 Å². The largest absolute Gasteiger partial charge is 0.354 e. The molecule has 150 valence electrons. The predicted molar refractivity (Wildman–Crippen MR) is 106 cm³/mol. The van der Waals surface area contributed by atoms with Crippen LogP contribution in [0.3, 0.4) is 0 Å². The smallest absolute Gasteiger partial charge is 0.242 e. The molecule has 2 amide bonds. The van der Waals surface area contributed by atoms with E-state index in [0.717, 1.165) is 11.1 Å². The van der Waals surface area contributed by atoms with Crippen molar-refractivity contribution < 1.29 is 18.4 Å². The van der Waals surface area contributed by atoms with Gasteiger partial charge in [0.2, 0.25) is 11.8 Å². The third-order valence-electron chi connectivity index (χ3n) is 5.23. The van der Waals surface area contributed by atoms with Crippen molar-refractivity contribution in [3.63, 3.8) is 0 Å². The van der Waals surface area contributed by atoms with E-state index in [-0.39, 0.29) is 29.9 Å². The first kappa shape index (κ1) is 19.1. The average Bonchev–Trinajstić information content (AvgIpc) is 3.24. The zero-order valence-electron chi connectivity index (χ0n) is 15.9. The number of fused-ring (bicyclic) bond motifs is 1. The summed E-state index contributed by atoms with van der Waals surface area (Å²) in [5, 5.41) is 6.13. The van der Waals surface area contributed by atoms with Gasteiger partial charge in [0.25, 0.3) is 0 Å². The van der Waals surface area contributed by atoms with Crippen LogP contribution >= 0.6 is 0 Å². The monoisotopic (exact) mass is 397 g/mol. The van der Waals surface area contributed by atoms with E-state index in [4.69, 9.17) is 0 Å². The third-order valence-corrected chi connectivity index (χ3v) is 5.23. The van der Waals surface area contributed by atoms with Crippen LogP contribution in [0.25, 0.3) is 22.2 Å². The first-order chi connectivity index (χ1) is 13.9. The van der Waals surface area contributed by atoms with Crippen LogP contribution in [0.15, 0.2) is 36.4 Å². The molecule has 29 heavy (non-hydrogen) atoms. The van der Waals surface area contributed by atoms with Gasteiger partial charge in [0.05, 0.1) is 5.52 Å². The number of hydrogen-bond donors (Lipinski definition) is 3. The average molecular weight is 397 g/mol. The van der Waals surface area contributed by atoms with Gasteiger partial charge in [-0.1, -0.05) is 0 Å². The summed E-state index contributed by atoms with van der Waals surface area (Å²) in [4.78, 5) is 27.1. The van der Waals surface area contributed by atoms with Crippen LogP contribution in [-0.4, -0.2) is 29.4 Å². The highest BCUT2D eigenvalue weighted by molar-refractivity contribution is 5.93. The summed E-state index contributed by atoms with van der Waals surface area (Å²) in [6.07, 6.45) is 1.08. The Morgan fingerprint density at radius 2 is 1.97 bits per heavy atom. The third kappa shape index (κ3) is 3.85. The fourth-order valence-corrected chi connectivity index (χ4v) is 3.80. The highest BCUT2D eigenvalue weighted by Crippen LogP contribution is 2.33. The summed E-state index contributed by atoms with van der Waals surface area (Å²) in [6.45, 7) is 2.36. The number of hydrogen-bond acceptors (Lipinski definition) is 2. The molecule has 0 saturated carbocycles. The molecule has 0 bridgehead atoms. The SMILES string of the molecule is Cc1cc(F)c2[nH]c(-c3ccc(F)cc3)c(CCC(=O)NC3CCNC3=O)c2c1. The van der Waals surface area contributed by atoms with Crippen LogP contribution in [0.2, 0.25) is 0 Å². The molecule has 1 unspecified atom stereocenters. The number of aromatic nitrogens is 1. The van der Waals surface area contributed by atoms with E-state index in [1.54, 1.807) is 12.1 Å². The van der Waals surface area contributed by atoms with Crippen molar-refractivity contribution in [1.29, 1.82) is 0 Å². The van der Waals surface area contributed by atoms with Crippen molar-refractivity contribution in [2.75, 3.05) is 6.54 Å². The molecule has 0 aliphatic carbocycles. The highest BCUT2D eigenvalue weighted by Gasteiger charge is 2.25. The topological polar surface area (TPSA) is 74.0 Å². The summed E-state index contributed by atoms with van der Waals surface area (Å²) in [5.74, 6) is -1.14. The maximum absolute atomic E-state index is 14.5. The fraction of sp³-hybridized carbons (Fsp3) is 0.273. The fourth-order valence-electron chi connectivity index (χ4n) is 3.80. The second kappa shape index (κ2) is 7.66. The number of amides is 2. The lowest BCUT2D eigenvalue weighted by Crippen LogP contribution is -2.40. The zero-order valence-corrected chi connectivity index (χ0v) is 15.9. The number of carbonyl (C=O) groups excluding carboxylic acids is 2. The molecule has 2 heterocycles. The van der Waals surface area contributed by atoms with Gasteiger partial charge in [-0.05, 0) is 72.9 Å². The van der Waals surface area contributed by atoms with Crippen molar-refractivity contribution in [1.82, 2.24) is 15.6 Å². The standard InChI is InChI=1S/C22H21F2N3O2/c1-12-10-16-15(6-7-19(28)26-18-8-9-25-22(18)29)20(27-21(16)17(24)11-12)13-2-4-14(23)5-3-13/h2-5,10-11,18,27H,6-9H2,1H3,(H,25,29)(H,26,28). The minimum atomic E-state index is -0.498. The lowest BCUT2D eigenvalue weighted by molar-refractivity contribution is -0.127. The molecule has 4 rings (SSSR count). The summed E-state index contributed by atoms with van der Waals surface area (Å²) in [6, 6.07) is 8.76. The summed E-state index contributed by atoms with van der Waals surface area (Å²) >= 11 is 0. The minimum Gasteiger partial charge on any atom is -0.354 e. The molecule has 3 N–H and O–H groups in total. The van der Waals surface area contributed by atoms with E-state index < -0.39 is 6.04 Å². The van der Waals surface area contributed by atoms with E-state index in [9.17, 15) is 18.4 Å². The number of nitrogens with one attached hydrogen (secondary N) is 3. The first-order valence-corrected chi connectivity index (χ1v) is 9.56. The van der Waals surface area contributed by atoms with Crippen LogP contribution in [0.4, 0.5) is 8.78 Å². The number of aryl methyl sites for hydroxylation is 2. The molecule has 1 aromatic heterocycles. The normalized spacial score (nSPS) is 16.2. The molecule has 1 atom stereocenters. The summed E-state index contributed by atoms with van der Waals surface area (Å²) in [5.41, 5.74) is 3.30. The number of aromatic amines is 1. The molecule has 5 nitrogen and oxygen atoms in total. The Hall–Kier alpha value is -3.22. The van der Waals surface area contributed by atoms with E-state index in [1.807, 2.05) is 13.0 Å². The number of benzene rings is 2. The van der Waals surface area contributed by atoms with Gasteiger partial charge >= 0.3 is 0 Å². The van der Waals surface area contributed by atoms with E-state index >= 15 is 0 Å². The van der Waals surface area contributed by atoms with Crippen molar-refractivity contribution in [3.8, 4) is 11.3 Å². The Balaban J connectivity index is 1.65. The maximum Gasteiger partial charge on any atom is 0.242 e. The second-order valence-corrected chi connectivity index (χ2v) is 7.35. The molecule has 0 radical (unpaired) electrons. The quantitative estimate of drug-likeness (QED) is 0.618. The molecule has 0 spiro atoms. The van der Waals surface area contributed by atoms with Crippen LogP contribution < -0.4 is 10.6 Å². The lowest BCUT2D eigenvalue weighted by atomic mass is 10.00. The van der Waals surface area contributed by atoms with Crippen molar-refractivity contribution in [3.05, 3.63) is 59.2 Å². The molecule has 1 saturated heterocycles. The van der Waals surface area contributed by atoms with Gasteiger partial charge in [-0.2, -0.15) is 0 Å². The maximum atomic E-state index is 14.5. The van der Waals surface area contributed by atoms with Crippen molar-refractivity contribution in [2.45, 2.75) is 32.2 Å². The first-order valence-electron chi connectivity index (χ1n) is 9.56. The van der Waals surface area contributed by atoms with Crippen LogP contribution in [0, 0.1) is 18.6 Å². The Morgan fingerprint density at radius 1 is 1.21 bits per heavy atom. The second-order valence-electron chi connectivity index (χ2n) is 7.35. The van der Waals surface area contributed by atoms with E-state index in [0.29, 0.717) is 41.5 Å². The molecule has 3 aromatic rings. The van der Waals surface area contributed by atoms with Gasteiger partial charge in [-0.25, -0.2) is 8.78 Å². The lowest BCUT2D eigenvalue weighted by Gasteiger charge is -2.10. The number of halogens is 2. The predicted octanol–water partition coefficient (Wildman–Crippen LogP) is 3.36. The van der Waals surface area contributed by atoms with E-state index in [1.165, 1.54) is 18.2 Å². The van der Waals surface area contributed by atoms with E-state index in [2.05, 4.69) is 15.6 Å². The molecule has 7 heteroatoms. The molecular formula is C22H21F2N3O2. The van der Waals surface area contributed by atoms with Crippen molar-refractivity contribution in [2.24, 2.45) is 0 Å². The van der Waals surface area contributed by atoms with Gasteiger partial charge < -0.3 is 15.6 Å². The Bertz CT molecular complexity index is 1090. The van der Waals surface area contributed by atoms with Gasteiger partial charge in [0.15, 0.2) is 0 Å². The number of rotatable bonds is 5. The van der Waals surface area contributed by atoms with Crippen LogP contribution in [0.5, 0.6) is 0 Å². The van der Waals surface area contributed by atoms with Crippen LogP contribution in [0.1, 0.15) is 24.0 Å². The molecular weight excluding hydrogens is 376 g/mol. The Kier molecular flexibility index (Phi) is 5.05. The van der Waals surface area contributed by atoms with Gasteiger partial charge in [-0.3, -0.25) is 9.59 Å². The Labute approximate surface area is 166 Å². The zero-order chi connectivity index (χ0) is 20.5. The molecule has 1 aliphatic heterocycles. The summed E-state index contributed by atoms with van der Waals surface area (Å²) < 4.78 is 27.9. The molecule has 2 aromatic carbocycles. The molecule has 1 aliphatic rings. The molecule has 1 fully saturated rings. The number of carbonyl (C=O) groups is 2. The minimum absolute atomic E-state index is 0.153. The van der Waals surface area contributed by atoms with Gasteiger partial charge in [-0.15, -0.1) is 0 Å². The highest BCUT2D eigenvalue weighted by atomic mass is 19.1. The van der Waals surface area contributed by atoms with Crippen LogP contribution in [-0.2, 0) is 16.0 Å². The summed E-state index contributed by atoms with van der Waals surface area (Å²) in [7, 11) is 0. The van der Waals surface area contributed by atoms with Gasteiger partial charge in [0.1, 0.15) is 17.7 Å². The Morgan fingerprint density at radius 3 is 2.66 bits per heavy atom. The number of H-pyrrole nitrogens is 1.